The SMILES string of the molecule is CCNC(=NCCC(=O)Nc1cccc(Cl)c1C)NC1CCN(C(=O)OCC)CC1. The molecule has 1 aromatic carbocycles. The number of carbonyl (C=O) groups excluding carboxylic acids is 2. The second-order valence-corrected chi connectivity index (χ2v) is 7.48. The van der Waals surface area contributed by atoms with Gasteiger partial charge in [0.15, 0.2) is 5.96 Å². The fraction of sp³-hybridized carbons (Fsp3) is 0.571. The molecule has 0 bridgehead atoms. The number of aliphatic imine (C=N–C) groups is 1. The number of hydrogen-bond donors (Lipinski definition) is 3. The van der Waals surface area contributed by atoms with Gasteiger partial charge in [-0.3, -0.25) is 9.79 Å². The molecule has 8 nitrogen and oxygen atoms in total. The normalized spacial score (nSPS) is 14.9. The zero-order valence-electron chi connectivity index (χ0n) is 18.0. The van der Waals surface area contributed by atoms with Gasteiger partial charge >= 0.3 is 6.09 Å². The molecule has 0 spiro atoms. The summed E-state index contributed by atoms with van der Waals surface area (Å²) in [5.41, 5.74) is 1.56. The monoisotopic (exact) mass is 437 g/mol. The number of halogens is 1. The van der Waals surface area contributed by atoms with Crippen LogP contribution in [0.1, 0.15) is 38.7 Å². The maximum absolute atomic E-state index is 12.2. The first kappa shape index (κ1) is 23.8. The number of amides is 2. The molecular formula is C21H32ClN5O3. The van der Waals surface area contributed by atoms with E-state index in [1.807, 2.05) is 32.9 Å². The maximum Gasteiger partial charge on any atom is 0.409 e. The van der Waals surface area contributed by atoms with Crippen LogP contribution in [0.15, 0.2) is 23.2 Å². The number of guanidine groups is 1. The van der Waals surface area contributed by atoms with Crippen molar-refractivity contribution in [3.8, 4) is 0 Å². The van der Waals surface area contributed by atoms with Crippen LogP contribution < -0.4 is 16.0 Å². The van der Waals surface area contributed by atoms with Crippen molar-refractivity contribution in [2.24, 2.45) is 4.99 Å². The van der Waals surface area contributed by atoms with Crippen molar-refractivity contribution in [2.45, 2.75) is 46.1 Å². The van der Waals surface area contributed by atoms with E-state index in [9.17, 15) is 9.59 Å². The fourth-order valence-electron chi connectivity index (χ4n) is 3.16. The number of carbonyl (C=O) groups is 2. The zero-order valence-corrected chi connectivity index (χ0v) is 18.7. The lowest BCUT2D eigenvalue weighted by Crippen LogP contribution is -2.50. The van der Waals surface area contributed by atoms with Crippen LogP contribution in [0, 0.1) is 6.92 Å². The average molecular weight is 438 g/mol. The largest absolute Gasteiger partial charge is 0.450 e. The van der Waals surface area contributed by atoms with E-state index in [4.69, 9.17) is 16.3 Å². The summed E-state index contributed by atoms with van der Waals surface area (Å²) in [5, 5.41) is 10.1. The number of benzene rings is 1. The first-order valence-corrected chi connectivity index (χ1v) is 10.8. The van der Waals surface area contributed by atoms with Gasteiger partial charge in [-0.1, -0.05) is 17.7 Å². The van der Waals surface area contributed by atoms with Crippen LogP contribution in [0.25, 0.3) is 0 Å². The molecule has 166 valence electrons. The van der Waals surface area contributed by atoms with E-state index in [1.54, 1.807) is 11.0 Å². The van der Waals surface area contributed by atoms with Crippen molar-refractivity contribution in [1.29, 1.82) is 0 Å². The predicted molar refractivity (Wildman–Crippen MR) is 120 cm³/mol. The third-order valence-corrected chi connectivity index (χ3v) is 5.27. The van der Waals surface area contributed by atoms with Gasteiger partial charge in [0.2, 0.25) is 5.91 Å². The minimum absolute atomic E-state index is 0.109. The van der Waals surface area contributed by atoms with E-state index in [0.29, 0.717) is 37.2 Å². The summed E-state index contributed by atoms with van der Waals surface area (Å²) in [6, 6.07) is 5.65. The Labute approximate surface area is 183 Å². The number of anilines is 1. The van der Waals surface area contributed by atoms with Gasteiger partial charge in [-0.25, -0.2) is 4.79 Å². The smallest absolute Gasteiger partial charge is 0.409 e. The van der Waals surface area contributed by atoms with E-state index in [0.717, 1.165) is 30.6 Å². The van der Waals surface area contributed by atoms with Gasteiger partial charge in [-0.2, -0.15) is 0 Å². The number of piperidine rings is 1. The lowest BCUT2D eigenvalue weighted by molar-refractivity contribution is -0.116. The molecule has 0 aliphatic carbocycles. The zero-order chi connectivity index (χ0) is 21.9. The van der Waals surface area contributed by atoms with Crippen LogP contribution in [-0.2, 0) is 9.53 Å². The summed E-state index contributed by atoms with van der Waals surface area (Å²) in [7, 11) is 0. The molecule has 0 atom stereocenters. The molecular weight excluding hydrogens is 406 g/mol. The van der Waals surface area contributed by atoms with E-state index >= 15 is 0 Å². The minimum Gasteiger partial charge on any atom is -0.450 e. The van der Waals surface area contributed by atoms with Gasteiger partial charge in [-0.05, 0) is 51.3 Å². The summed E-state index contributed by atoms with van der Waals surface area (Å²) in [5.74, 6) is 0.571. The number of nitrogens with one attached hydrogen (secondary N) is 3. The lowest BCUT2D eigenvalue weighted by atomic mass is 10.1. The van der Waals surface area contributed by atoms with Gasteiger partial charge in [0, 0.05) is 42.8 Å². The minimum atomic E-state index is -0.252. The topological polar surface area (TPSA) is 95.1 Å². The Morgan fingerprint density at radius 2 is 2.00 bits per heavy atom. The summed E-state index contributed by atoms with van der Waals surface area (Å²) >= 11 is 6.09. The van der Waals surface area contributed by atoms with Gasteiger partial charge in [-0.15, -0.1) is 0 Å². The quantitative estimate of drug-likeness (QED) is 0.450. The Morgan fingerprint density at radius 3 is 2.67 bits per heavy atom. The Balaban J connectivity index is 1.81. The molecule has 1 aliphatic heterocycles. The molecule has 3 N–H and O–H groups in total. The highest BCUT2D eigenvalue weighted by Crippen LogP contribution is 2.22. The number of likely N-dealkylation sites (tertiary alicyclic amines) is 1. The standard InChI is InChI=1S/C21H32ClN5O3/c1-4-23-20(25-16-10-13-27(14-11-16)21(29)30-5-2)24-12-9-19(28)26-18-8-6-7-17(22)15(18)3/h6-8,16H,4-5,9-14H2,1-3H3,(H,26,28)(H2,23,24,25). The van der Waals surface area contributed by atoms with E-state index < -0.39 is 0 Å². The van der Waals surface area contributed by atoms with E-state index in [-0.39, 0.29) is 24.5 Å². The van der Waals surface area contributed by atoms with E-state index in [1.165, 1.54) is 0 Å². The van der Waals surface area contributed by atoms with Crippen molar-refractivity contribution < 1.29 is 14.3 Å². The number of hydrogen-bond acceptors (Lipinski definition) is 4. The lowest BCUT2D eigenvalue weighted by Gasteiger charge is -2.32. The van der Waals surface area contributed by atoms with E-state index in [2.05, 4.69) is 20.9 Å². The highest BCUT2D eigenvalue weighted by Gasteiger charge is 2.24. The number of rotatable bonds is 7. The Kier molecular flexibility index (Phi) is 9.73. The molecule has 30 heavy (non-hydrogen) atoms. The number of nitrogens with zero attached hydrogens (tertiary/aromatic N) is 2. The van der Waals surface area contributed by atoms with Gasteiger partial charge < -0.3 is 25.6 Å². The molecule has 1 fully saturated rings. The van der Waals surface area contributed by atoms with Crippen LogP contribution in [0.5, 0.6) is 0 Å². The van der Waals surface area contributed by atoms with Crippen molar-refractivity contribution in [3.63, 3.8) is 0 Å². The third kappa shape index (κ3) is 7.40. The number of ether oxygens (including phenoxy) is 1. The molecule has 9 heteroatoms. The van der Waals surface area contributed by atoms with Crippen molar-refractivity contribution >= 4 is 35.2 Å². The highest BCUT2D eigenvalue weighted by atomic mass is 35.5. The summed E-state index contributed by atoms with van der Waals surface area (Å²) in [4.78, 5) is 30.3. The molecule has 0 aromatic heterocycles. The highest BCUT2D eigenvalue weighted by molar-refractivity contribution is 6.31. The average Bonchev–Trinajstić information content (AvgIpc) is 2.72. The second-order valence-electron chi connectivity index (χ2n) is 7.08. The molecule has 1 saturated heterocycles. The van der Waals surface area contributed by atoms with Gasteiger partial charge in [0.1, 0.15) is 0 Å². The Bertz CT molecular complexity index is 748. The first-order chi connectivity index (χ1) is 14.4. The fourth-order valence-corrected chi connectivity index (χ4v) is 3.33. The Morgan fingerprint density at radius 1 is 1.27 bits per heavy atom. The van der Waals surface area contributed by atoms with Crippen molar-refractivity contribution in [1.82, 2.24) is 15.5 Å². The molecule has 1 heterocycles. The van der Waals surface area contributed by atoms with Crippen LogP contribution in [-0.4, -0.2) is 61.7 Å². The third-order valence-electron chi connectivity index (χ3n) is 4.86. The molecule has 1 aliphatic rings. The van der Waals surface area contributed by atoms with Crippen LogP contribution >= 0.6 is 11.6 Å². The van der Waals surface area contributed by atoms with Crippen LogP contribution in [0.4, 0.5) is 10.5 Å². The molecule has 0 saturated carbocycles. The van der Waals surface area contributed by atoms with Gasteiger partial charge in [0.25, 0.3) is 0 Å². The Hall–Kier alpha value is -2.48. The predicted octanol–water partition coefficient (Wildman–Crippen LogP) is 3.15. The molecule has 0 unspecified atom stereocenters. The molecule has 0 radical (unpaired) electrons. The molecule has 2 rings (SSSR count). The first-order valence-electron chi connectivity index (χ1n) is 10.5. The van der Waals surface area contributed by atoms with Crippen molar-refractivity contribution in [2.75, 3.05) is 38.1 Å². The molecule has 1 aromatic rings. The van der Waals surface area contributed by atoms with Gasteiger partial charge in [0.05, 0.1) is 13.2 Å². The second kappa shape index (κ2) is 12.3. The van der Waals surface area contributed by atoms with Crippen LogP contribution in [0.3, 0.4) is 0 Å². The summed E-state index contributed by atoms with van der Waals surface area (Å²) in [6.07, 6.45) is 1.65. The van der Waals surface area contributed by atoms with Crippen LogP contribution in [0.2, 0.25) is 5.02 Å². The van der Waals surface area contributed by atoms with Crippen molar-refractivity contribution in [3.05, 3.63) is 28.8 Å². The summed E-state index contributed by atoms with van der Waals surface area (Å²) < 4.78 is 5.05. The summed E-state index contributed by atoms with van der Waals surface area (Å²) in [6.45, 7) is 8.45. The molecule has 2 amide bonds. The maximum atomic E-state index is 12.2.